The van der Waals surface area contributed by atoms with Crippen molar-refractivity contribution in [3.63, 3.8) is 0 Å². The molecule has 1 aromatic carbocycles. The van der Waals surface area contributed by atoms with Crippen LogP contribution in [0.15, 0.2) is 24.3 Å². The van der Waals surface area contributed by atoms with Crippen molar-refractivity contribution in [2.24, 2.45) is 11.8 Å². The van der Waals surface area contributed by atoms with Gasteiger partial charge in [-0.05, 0) is 68.4 Å². The summed E-state index contributed by atoms with van der Waals surface area (Å²) in [7, 11) is 0. The average molecular weight is 453 g/mol. The number of para-hydroxylation sites is 1. The van der Waals surface area contributed by atoms with E-state index >= 15 is 0 Å². The third kappa shape index (κ3) is 5.45. The van der Waals surface area contributed by atoms with Crippen LogP contribution in [0.4, 0.5) is 5.69 Å². The fourth-order valence-corrected chi connectivity index (χ4v) is 7.55. The van der Waals surface area contributed by atoms with Crippen LogP contribution in [0.25, 0.3) is 0 Å². The molecule has 33 heavy (non-hydrogen) atoms. The van der Waals surface area contributed by atoms with Gasteiger partial charge in [-0.15, -0.1) is 0 Å². The molecule has 4 fully saturated rings. The maximum atomic E-state index is 12.3. The molecule has 2 saturated carbocycles. The number of anilines is 1. The number of carbonyl (C=O) groups is 2. The standard InChI is InChI=1S/C28H40N2O3/c1-19(31)33-18-27(32)15-22-8-2-3-11-28(22)29-23-16-24-9-5-10-25(17-23)30(24)26-13-20-6-4-7-21(12-20)14-26/h2-3,8,11,20-21,23-26,29H,4-7,9-10,12-18H2,1H3/t20-,21+,23?,24-,25+,26?. The molecule has 4 bridgehead atoms. The third-order valence-corrected chi connectivity index (χ3v) is 8.76. The quantitative estimate of drug-likeness (QED) is 0.582. The van der Waals surface area contributed by atoms with Gasteiger partial charge in [-0.3, -0.25) is 14.5 Å². The first kappa shape index (κ1) is 22.9. The molecule has 0 aromatic heterocycles. The van der Waals surface area contributed by atoms with Crippen LogP contribution in [0.3, 0.4) is 0 Å². The van der Waals surface area contributed by atoms with E-state index in [-0.39, 0.29) is 12.4 Å². The lowest BCUT2D eigenvalue weighted by Crippen LogP contribution is -2.60. The Kier molecular flexibility index (Phi) is 7.05. The van der Waals surface area contributed by atoms with Crippen molar-refractivity contribution in [1.82, 2.24) is 4.90 Å². The van der Waals surface area contributed by atoms with Crippen molar-refractivity contribution in [3.8, 4) is 0 Å². The topological polar surface area (TPSA) is 58.6 Å². The number of benzene rings is 1. The highest BCUT2D eigenvalue weighted by Gasteiger charge is 2.44. The zero-order valence-electron chi connectivity index (χ0n) is 20.1. The summed E-state index contributed by atoms with van der Waals surface area (Å²) in [5.41, 5.74) is 2.07. The van der Waals surface area contributed by atoms with Gasteiger partial charge in [0.15, 0.2) is 5.78 Å². The number of hydrogen-bond donors (Lipinski definition) is 1. The van der Waals surface area contributed by atoms with Crippen LogP contribution in [-0.4, -0.2) is 47.4 Å². The second-order valence-electron chi connectivity index (χ2n) is 11.2. The molecule has 2 aliphatic heterocycles. The van der Waals surface area contributed by atoms with E-state index in [0.29, 0.717) is 24.5 Å². The first-order valence-corrected chi connectivity index (χ1v) is 13.3. The number of piperidine rings is 2. The number of nitrogens with zero attached hydrogens (tertiary/aromatic N) is 1. The number of nitrogens with one attached hydrogen (secondary N) is 1. The van der Waals surface area contributed by atoms with Gasteiger partial charge in [-0.2, -0.15) is 0 Å². The van der Waals surface area contributed by atoms with Gasteiger partial charge in [-0.25, -0.2) is 0 Å². The molecule has 0 amide bonds. The Morgan fingerprint density at radius 2 is 1.58 bits per heavy atom. The molecule has 0 radical (unpaired) electrons. The van der Waals surface area contributed by atoms with Gasteiger partial charge in [-0.1, -0.05) is 43.9 Å². The molecule has 4 aliphatic rings. The highest BCUT2D eigenvalue weighted by atomic mass is 16.5. The Morgan fingerprint density at radius 3 is 2.27 bits per heavy atom. The van der Waals surface area contributed by atoms with Gasteiger partial charge < -0.3 is 10.1 Å². The third-order valence-electron chi connectivity index (χ3n) is 8.76. The molecule has 2 unspecified atom stereocenters. The number of carbonyl (C=O) groups excluding carboxylic acids is 2. The number of hydrogen-bond acceptors (Lipinski definition) is 5. The van der Waals surface area contributed by atoms with Gasteiger partial charge in [0.2, 0.25) is 0 Å². The number of ether oxygens (including phenoxy) is 1. The largest absolute Gasteiger partial charge is 0.458 e. The molecule has 2 aliphatic carbocycles. The fraction of sp³-hybridized carbons (Fsp3) is 0.714. The van der Waals surface area contributed by atoms with Gasteiger partial charge in [0, 0.05) is 43.2 Å². The molecule has 2 heterocycles. The van der Waals surface area contributed by atoms with E-state index in [1.54, 1.807) is 0 Å². The van der Waals surface area contributed by atoms with Crippen LogP contribution in [0.2, 0.25) is 0 Å². The summed E-state index contributed by atoms with van der Waals surface area (Å²) in [6, 6.07) is 10.8. The number of Topliss-reactive ketones (excluding diaryl/α,β-unsaturated/α-hetero) is 1. The van der Waals surface area contributed by atoms with E-state index in [2.05, 4.69) is 16.3 Å². The number of fused-ring (bicyclic) bond motifs is 4. The van der Waals surface area contributed by atoms with Gasteiger partial charge in [0.05, 0.1) is 0 Å². The van der Waals surface area contributed by atoms with E-state index in [9.17, 15) is 9.59 Å². The van der Waals surface area contributed by atoms with Crippen molar-refractivity contribution >= 4 is 17.4 Å². The summed E-state index contributed by atoms with van der Waals surface area (Å²) in [6.07, 6.45) is 15.5. The Hall–Kier alpha value is -1.88. The smallest absolute Gasteiger partial charge is 0.303 e. The highest BCUT2D eigenvalue weighted by molar-refractivity contribution is 5.85. The van der Waals surface area contributed by atoms with E-state index in [1.807, 2.05) is 18.2 Å². The molecule has 1 aromatic rings. The lowest BCUT2D eigenvalue weighted by molar-refractivity contribution is -0.145. The van der Waals surface area contributed by atoms with Crippen LogP contribution >= 0.6 is 0 Å². The predicted octanol–water partition coefficient (Wildman–Crippen LogP) is 5.13. The summed E-state index contributed by atoms with van der Waals surface area (Å²) in [5.74, 6) is 1.49. The molecule has 5 heteroatoms. The van der Waals surface area contributed by atoms with E-state index in [1.165, 1.54) is 77.6 Å². The predicted molar refractivity (Wildman–Crippen MR) is 130 cm³/mol. The second kappa shape index (κ2) is 10.2. The van der Waals surface area contributed by atoms with Crippen LogP contribution in [0, 0.1) is 11.8 Å². The van der Waals surface area contributed by atoms with Gasteiger partial charge >= 0.3 is 5.97 Å². The summed E-state index contributed by atoms with van der Waals surface area (Å²) >= 11 is 0. The van der Waals surface area contributed by atoms with Crippen LogP contribution in [-0.2, 0) is 20.7 Å². The summed E-state index contributed by atoms with van der Waals surface area (Å²) in [5, 5.41) is 3.83. The molecule has 6 atom stereocenters. The molecule has 180 valence electrons. The van der Waals surface area contributed by atoms with Crippen molar-refractivity contribution in [2.45, 2.75) is 108 Å². The average Bonchev–Trinajstić information content (AvgIpc) is 2.78. The van der Waals surface area contributed by atoms with Crippen LogP contribution in [0.5, 0.6) is 0 Å². The number of ketones is 1. The van der Waals surface area contributed by atoms with Crippen molar-refractivity contribution < 1.29 is 14.3 Å². The Balaban J connectivity index is 1.23. The fourth-order valence-electron chi connectivity index (χ4n) is 7.55. The van der Waals surface area contributed by atoms with Crippen molar-refractivity contribution in [2.75, 3.05) is 11.9 Å². The zero-order valence-corrected chi connectivity index (χ0v) is 20.1. The summed E-state index contributed by atoms with van der Waals surface area (Å²) < 4.78 is 4.90. The number of rotatable bonds is 7. The lowest BCUT2D eigenvalue weighted by Gasteiger charge is -2.55. The van der Waals surface area contributed by atoms with E-state index in [4.69, 9.17) is 4.74 Å². The minimum Gasteiger partial charge on any atom is -0.458 e. The zero-order chi connectivity index (χ0) is 22.8. The first-order valence-electron chi connectivity index (χ1n) is 13.3. The highest BCUT2D eigenvalue weighted by Crippen LogP contribution is 2.46. The number of esters is 1. The molecular formula is C28H40N2O3. The van der Waals surface area contributed by atoms with Gasteiger partial charge in [0.1, 0.15) is 6.61 Å². The first-order chi connectivity index (χ1) is 16.0. The van der Waals surface area contributed by atoms with E-state index < -0.39 is 5.97 Å². The minimum atomic E-state index is -0.408. The Morgan fingerprint density at radius 1 is 0.909 bits per heavy atom. The van der Waals surface area contributed by atoms with Gasteiger partial charge in [0.25, 0.3) is 0 Å². The molecular weight excluding hydrogens is 412 g/mol. The Bertz CT molecular complexity index is 829. The Labute approximate surface area is 198 Å². The van der Waals surface area contributed by atoms with Crippen LogP contribution in [0.1, 0.15) is 83.1 Å². The molecule has 5 rings (SSSR count). The molecule has 1 N–H and O–H groups in total. The summed E-state index contributed by atoms with van der Waals surface area (Å²) in [4.78, 5) is 26.3. The maximum absolute atomic E-state index is 12.3. The maximum Gasteiger partial charge on any atom is 0.303 e. The second-order valence-corrected chi connectivity index (χ2v) is 11.2. The van der Waals surface area contributed by atoms with Crippen molar-refractivity contribution in [1.29, 1.82) is 0 Å². The SMILES string of the molecule is CC(=O)OCC(=O)Cc1ccccc1NC1C[C@H]2CCC[C@@H](C1)N2C1C[C@H]2CCC[C@@H](C1)C2. The monoisotopic (exact) mass is 452 g/mol. The molecule has 5 nitrogen and oxygen atoms in total. The normalized spacial score (nSPS) is 33.8. The molecule has 0 spiro atoms. The summed E-state index contributed by atoms with van der Waals surface area (Å²) in [6.45, 7) is 1.20. The van der Waals surface area contributed by atoms with E-state index in [0.717, 1.165) is 29.1 Å². The lowest BCUT2D eigenvalue weighted by atomic mass is 9.68. The van der Waals surface area contributed by atoms with Crippen LogP contribution < -0.4 is 5.32 Å². The van der Waals surface area contributed by atoms with Crippen molar-refractivity contribution in [3.05, 3.63) is 29.8 Å². The minimum absolute atomic E-state index is 0.0611. The molecule has 2 saturated heterocycles.